The van der Waals surface area contributed by atoms with Crippen molar-refractivity contribution in [3.8, 4) is 11.8 Å². The molecule has 0 saturated carbocycles. The minimum atomic E-state index is -0.822. The van der Waals surface area contributed by atoms with Crippen molar-refractivity contribution in [2.75, 3.05) is 7.11 Å². The summed E-state index contributed by atoms with van der Waals surface area (Å²) in [5, 5.41) is 8.43. The van der Waals surface area contributed by atoms with Crippen molar-refractivity contribution >= 4 is 15.9 Å². The van der Waals surface area contributed by atoms with Crippen molar-refractivity contribution in [1.82, 2.24) is 0 Å². The molecule has 1 aromatic carbocycles. The van der Waals surface area contributed by atoms with E-state index in [2.05, 4.69) is 15.9 Å². The lowest BCUT2D eigenvalue weighted by Gasteiger charge is -2.08. The molecule has 0 amide bonds. The van der Waals surface area contributed by atoms with Crippen LogP contribution in [0.5, 0.6) is 5.75 Å². The molecule has 0 heterocycles. The molecule has 0 fully saturated rings. The highest BCUT2D eigenvalue weighted by Gasteiger charge is 2.16. The van der Waals surface area contributed by atoms with Gasteiger partial charge >= 0.3 is 0 Å². The van der Waals surface area contributed by atoms with E-state index in [9.17, 15) is 8.78 Å². The van der Waals surface area contributed by atoms with E-state index < -0.39 is 11.6 Å². The van der Waals surface area contributed by atoms with E-state index in [0.29, 0.717) is 0 Å². The first-order chi connectivity index (χ1) is 6.61. The van der Waals surface area contributed by atoms with E-state index in [1.54, 1.807) is 6.07 Å². The Morgan fingerprint density at radius 2 is 2.21 bits per heavy atom. The van der Waals surface area contributed by atoms with Crippen LogP contribution in [0.2, 0.25) is 0 Å². The van der Waals surface area contributed by atoms with Gasteiger partial charge in [0.1, 0.15) is 5.82 Å². The number of methoxy groups -OCH3 is 1. The molecular formula is C9H6BrF2NO. The number of rotatable bonds is 2. The average molecular weight is 262 g/mol. The first-order valence-corrected chi connectivity index (χ1v) is 4.48. The zero-order valence-electron chi connectivity index (χ0n) is 7.27. The van der Waals surface area contributed by atoms with Gasteiger partial charge in [-0.25, -0.2) is 8.78 Å². The summed E-state index contributed by atoms with van der Waals surface area (Å²) in [7, 11) is 1.27. The van der Waals surface area contributed by atoms with Crippen LogP contribution in [0, 0.1) is 23.0 Å². The molecule has 1 rings (SSSR count). The third-order valence-corrected chi connectivity index (χ3v) is 2.39. The van der Waals surface area contributed by atoms with Crippen LogP contribution < -0.4 is 4.74 Å². The molecule has 2 nitrogen and oxygen atoms in total. The molecule has 0 saturated heterocycles. The van der Waals surface area contributed by atoms with Crippen molar-refractivity contribution in [2.45, 2.75) is 6.42 Å². The highest BCUT2D eigenvalue weighted by molar-refractivity contribution is 9.10. The zero-order chi connectivity index (χ0) is 10.7. The van der Waals surface area contributed by atoms with Crippen molar-refractivity contribution in [3.05, 3.63) is 27.7 Å². The Morgan fingerprint density at radius 1 is 1.57 bits per heavy atom. The van der Waals surface area contributed by atoms with Gasteiger partial charge in [0.25, 0.3) is 0 Å². The molecule has 0 aliphatic heterocycles. The van der Waals surface area contributed by atoms with E-state index in [-0.39, 0.29) is 22.2 Å². The Labute approximate surface area is 88.2 Å². The van der Waals surface area contributed by atoms with Gasteiger partial charge in [-0.2, -0.15) is 5.26 Å². The Kier molecular flexibility index (Phi) is 3.42. The van der Waals surface area contributed by atoms with Crippen LogP contribution >= 0.6 is 15.9 Å². The highest BCUT2D eigenvalue weighted by Crippen LogP contribution is 2.31. The summed E-state index contributed by atoms with van der Waals surface area (Å²) in [5.74, 6) is -1.66. The van der Waals surface area contributed by atoms with Gasteiger partial charge in [-0.15, -0.1) is 0 Å². The Hall–Kier alpha value is -1.15. The van der Waals surface area contributed by atoms with Crippen LogP contribution in [-0.2, 0) is 6.42 Å². The average Bonchev–Trinajstić information content (AvgIpc) is 2.16. The summed E-state index contributed by atoms with van der Waals surface area (Å²) in [6.07, 6.45) is -0.0930. The molecule has 0 spiro atoms. The van der Waals surface area contributed by atoms with E-state index >= 15 is 0 Å². The molecular weight excluding hydrogens is 256 g/mol. The first kappa shape index (κ1) is 10.9. The van der Waals surface area contributed by atoms with Crippen molar-refractivity contribution < 1.29 is 13.5 Å². The van der Waals surface area contributed by atoms with Gasteiger partial charge < -0.3 is 4.74 Å². The third kappa shape index (κ3) is 1.85. The van der Waals surface area contributed by atoms with E-state index in [4.69, 9.17) is 10.00 Å². The number of nitrogens with zero attached hydrogens (tertiary/aromatic N) is 1. The molecule has 0 N–H and O–H groups in total. The number of hydrogen-bond donors (Lipinski definition) is 0. The predicted octanol–water partition coefficient (Wildman–Crippen LogP) is 2.80. The molecule has 0 aliphatic carbocycles. The maximum atomic E-state index is 13.3. The second-order valence-electron chi connectivity index (χ2n) is 2.51. The number of hydrogen-bond acceptors (Lipinski definition) is 2. The van der Waals surface area contributed by atoms with Gasteiger partial charge in [0.05, 0.1) is 24.1 Å². The van der Waals surface area contributed by atoms with Crippen molar-refractivity contribution in [3.63, 3.8) is 0 Å². The summed E-state index contributed by atoms with van der Waals surface area (Å²) in [6, 6.07) is 2.88. The zero-order valence-corrected chi connectivity index (χ0v) is 8.86. The van der Waals surface area contributed by atoms with Gasteiger partial charge in [0, 0.05) is 5.56 Å². The van der Waals surface area contributed by atoms with Crippen LogP contribution in [0.1, 0.15) is 5.56 Å². The molecule has 0 aromatic heterocycles. The lowest BCUT2D eigenvalue weighted by Crippen LogP contribution is -1.98. The topological polar surface area (TPSA) is 33.0 Å². The molecule has 0 atom stereocenters. The SMILES string of the molecule is COc1c(CC#N)cc(F)c(Br)c1F. The molecule has 0 aliphatic rings. The summed E-state index contributed by atoms with van der Waals surface area (Å²) >= 11 is 2.74. The van der Waals surface area contributed by atoms with Gasteiger partial charge in [0.2, 0.25) is 0 Å². The molecule has 0 radical (unpaired) electrons. The Morgan fingerprint density at radius 3 is 2.71 bits per heavy atom. The number of ether oxygens (including phenoxy) is 1. The minimum Gasteiger partial charge on any atom is -0.493 e. The molecule has 5 heteroatoms. The fraction of sp³-hybridized carbons (Fsp3) is 0.222. The summed E-state index contributed by atoms with van der Waals surface area (Å²) < 4.78 is 30.8. The van der Waals surface area contributed by atoms with Crippen molar-refractivity contribution in [1.29, 1.82) is 5.26 Å². The summed E-state index contributed by atoms with van der Waals surface area (Å²) in [4.78, 5) is 0. The Balaban J connectivity index is 3.37. The molecule has 0 bridgehead atoms. The normalized spacial score (nSPS) is 9.64. The quantitative estimate of drug-likeness (QED) is 0.768. The molecule has 1 aromatic rings. The Bertz CT molecular complexity index is 401. The second kappa shape index (κ2) is 4.38. The maximum Gasteiger partial charge on any atom is 0.182 e. The van der Waals surface area contributed by atoms with Crippen LogP contribution in [0.3, 0.4) is 0 Å². The van der Waals surface area contributed by atoms with E-state index in [1.807, 2.05) is 0 Å². The number of nitriles is 1. The maximum absolute atomic E-state index is 13.3. The highest BCUT2D eigenvalue weighted by atomic mass is 79.9. The van der Waals surface area contributed by atoms with E-state index in [1.165, 1.54) is 7.11 Å². The van der Waals surface area contributed by atoms with E-state index in [0.717, 1.165) is 6.07 Å². The van der Waals surface area contributed by atoms with Gasteiger partial charge in [-0.3, -0.25) is 0 Å². The first-order valence-electron chi connectivity index (χ1n) is 3.69. The van der Waals surface area contributed by atoms with Crippen LogP contribution in [-0.4, -0.2) is 7.11 Å². The van der Waals surface area contributed by atoms with Gasteiger partial charge in [-0.05, 0) is 22.0 Å². The van der Waals surface area contributed by atoms with Gasteiger partial charge in [0.15, 0.2) is 11.6 Å². The van der Waals surface area contributed by atoms with Crippen LogP contribution in [0.25, 0.3) is 0 Å². The third-order valence-electron chi connectivity index (χ3n) is 1.67. The van der Waals surface area contributed by atoms with Crippen molar-refractivity contribution in [2.24, 2.45) is 0 Å². The second-order valence-corrected chi connectivity index (χ2v) is 3.31. The fourth-order valence-electron chi connectivity index (χ4n) is 1.06. The number of halogens is 3. The largest absolute Gasteiger partial charge is 0.493 e. The number of benzene rings is 1. The van der Waals surface area contributed by atoms with Crippen LogP contribution in [0.4, 0.5) is 8.78 Å². The lowest BCUT2D eigenvalue weighted by atomic mass is 10.1. The van der Waals surface area contributed by atoms with Crippen LogP contribution in [0.15, 0.2) is 10.5 Å². The van der Waals surface area contributed by atoms with Gasteiger partial charge in [-0.1, -0.05) is 0 Å². The molecule has 0 unspecified atom stereocenters. The standard InChI is InChI=1S/C9H6BrF2NO/c1-14-9-5(2-3-13)4-6(11)7(10)8(9)12/h4H,2H2,1H3. The molecule has 74 valence electrons. The summed E-state index contributed by atoms with van der Waals surface area (Å²) in [6.45, 7) is 0. The fourth-order valence-corrected chi connectivity index (χ4v) is 1.36. The molecule has 14 heavy (non-hydrogen) atoms. The smallest absolute Gasteiger partial charge is 0.182 e. The predicted molar refractivity (Wildman–Crippen MR) is 49.9 cm³/mol. The summed E-state index contributed by atoms with van der Waals surface area (Å²) in [5.41, 5.74) is 0.202. The lowest BCUT2D eigenvalue weighted by molar-refractivity contribution is 0.378. The monoisotopic (exact) mass is 261 g/mol. The minimum absolute atomic E-state index is 0.0930.